The number of ether oxygens (including phenoxy) is 1. The molecule has 0 saturated carbocycles. The van der Waals surface area contributed by atoms with Crippen molar-refractivity contribution in [2.75, 3.05) is 43.5 Å². The van der Waals surface area contributed by atoms with Gasteiger partial charge in [0.25, 0.3) is 0 Å². The average Bonchev–Trinajstić information content (AvgIpc) is 2.95. The first-order chi connectivity index (χ1) is 12.5. The van der Waals surface area contributed by atoms with Crippen LogP contribution < -0.4 is 10.2 Å². The summed E-state index contributed by atoms with van der Waals surface area (Å²) in [4.78, 5) is 17.7. The van der Waals surface area contributed by atoms with E-state index in [1.807, 2.05) is 19.9 Å². The fourth-order valence-corrected chi connectivity index (χ4v) is 4.44. The molecule has 0 spiro atoms. The van der Waals surface area contributed by atoms with Crippen LogP contribution in [0, 0.1) is 13.8 Å². The average molecular weight is 390 g/mol. The van der Waals surface area contributed by atoms with E-state index in [4.69, 9.17) is 17.0 Å². The van der Waals surface area contributed by atoms with Crippen LogP contribution in [0.15, 0.2) is 30.3 Å². The van der Waals surface area contributed by atoms with E-state index >= 15 is 0 Å². The molecule has 1 aromatic heterocycles. The van der Waals surface area contributed by atoms with Crippen molar-refractivity contribution in [1.29, 1.82) is 0 Å². The third kappa shape index (κ3) is 3.83. The first kappa shape index (κ1) is 18.7. The van der Waals surface area contributed by atoms with Crippen LogP contribution in [0.3, 0.4) is 0 Å². The van der Waals surface area contributed by atoms with Crippen molar-refractivity contribution in [1.82, 2.24) is 4.90 Å². The number of benzene rings is 1. The molecule has 26 heavy (non-hydrogen) atoms. The van der Waals surface area contributed by atoms with Crippen LogP contribution in [0.25, 0.3) is 0 Å². The van der Waals surface area contributed by atoms with E-state index in [-0.39, 0.29) is 5.97 Å². The van der Waals surface area contributed by atoms with Crippen molar-refractivity contribution in [3.8, 4) is 0 Å². The molecule has 0 atom stereocenters. The number of anilines is 2. The van der Waals surface area contributed by atoms with Crippen molar-refractivity contribution >= 4 is 45.3 Å². The highest BCUT2D eigenvalue weighted by atomic mass is 32.1. The quantitative estimate of drug-likeness (QED) is 0.638. The Morgan fingerprint density at radius 3 is 2.42 bits per heavy atom. The zero-order valence-electron chi connectivity index (χ0n) is 15.2. The second-order valence-corrected chi connectivity index (χ2v) is 7.83. The Bertz CT molecular complexity index is 797. The molecule has 0 radical (unpaired) electrons. The third-order valence-corrected chi connectivity index (χ3v) is 6.17. The molecule has 1 aromatic carbocycles. The summed E-state index contributed by atoms with van der Waals surface area (Å²) >= 11 is 7.14. The summed E-state index contributed by atoms with van der Waals surface area (Å²) in [5.41, 5.74) is 2.77. The summed E-state index contributed by atoms with van der Waals surface area (Å²) in [6.45, 7) is 7.45. The number of hydrogen-bond acceptors (Lipinski definition) is 5. The van der Waals surface area contributed by atoms with Gasteiger partial charge in [0.15, 0.2) is 5.11 Å². The zero-order valence-corrected chi connectivity index (χ0v) is 16.9. The number of thiocarbonyl (C=S) groups is 1. The molecule has 138 valence electrons. The number of piperazine rings is 1. The molecule has 7 heteroatoms. The lowest BCUT2D eigenvalue weighted by atomic mass is 10.1. The van der Waals surface area contributed by atoms with Crippen molar-refractivity contribution in [3.05, 3.63) is 46.3 Å². The van der Waals surface area contributed by atoms with Gasteiger partial charge in [0, 0.05) is 36.7 Å². The minimum absolute atomic E-state index is 0.328. The number of aryl methyl sites for hydroxylation is 1. The summed E-state index contributed by atoms with van der Waals surface area (Å²) < 4.78 is 4.93. The number of rotatable bonds is 3. The minimum Gasteiger partial charge on any atom is -0.465 e. The standard InChI is InChI=1S/C19H23N3O2S2/c1-13-14(2)26-17(16(13)18(23)24-3)20-19(25)22-11-9-21(10-12-22)15-7-5-4-6-8-15/h4-8H,9-12H2,1-3H3,(H,20,25). The van der Waals surface area contributed by atoms with Gasteiger partial charge in [-0.05, 0) is 43.8 Å². The molecule has 3 rings (SSSR count). The van der Waals surface area contributed by atoms with Gasteiger partial charge in [-0.1, -0.05) is 18.2 Å². The molecular weight excluding hydrogens is 366 g/mol. The molecule has 1 aliphatic heterocycles. The van der Waals surface area contributed by atoms with Gasteiger partial charge < -0.3 is 19.9 Å². The largest absolute Gasteiger partial charge is 0.465 e. The van der Waals surface area contributed by atoms with Gasteiger partial charge in [-0.25, -0.2) is 4.79 Å². The normalized spacial score (nSPS) is 14.3. The van der Waals surface area contributed by atoms with Crippen LogP contribution in [0.2, 0.25) is 0 Å². The molecule has 1 fully saturated rings. The second-order valence-electron chi connectivity index (χ2n) is 6.22. The van der Waals surface area contributed by atoms with Crippen molar-refractivity contribution < 1.29 is 9.53 Å². The maximum Gasteiger partial charge on any atom is 0.341 e. The summed E-state index contributed by atoms with van der Waals surface area (Å²) in [6, 6.07) is 10.4. The van der Waals surface area contributed by atoms with Crippen LogP contribution in [-0.2, 0) is 4.74 Å². The van der Waals surface area contributed by atoms with E-state index in [0.717, 1.165) is 41.6 Å². The first-order valence-electron chi connectivity index (χ1n) is 8.55. The van der Waals surface area contributed by atoms with E-state index in [0.29, 0.717) is 10.7 Å². The van der Waals surface area contributed by atoms with Crippen molar-refractivity contribution in [2.45, 2.75) is 13.8 Å². The Morgan fingerprint density at radius 2 is 1.81 bits per heavy atom. The van der Waals surface area contributed by atoms with Gasteiger partial charge in [0.05, 0.1) is 12.7 Å². The number of nitrogens with zero attached hydrogens (tertiary/aromatic N) is 2. The molecule has 5 nitrogen and oxygen atoms in total. The molecule has 2 heterocycles. The lowest BCUT2D eigenvalue weighted by molar-refractivity contribution is 0.0601. The predicted octanol–water partition coefficient (Wildman–Crippen LogP) is 3.67. The predicted molar refractivity (Wildman–Crippen MR) is 112 cm³/mol. The van der Waals surface area contributed by atoms with Crippen molar-refractivity contribution in [2.24, 2.45) is 0 Å². The number of nitrogens with one attached hydrogen (secondary N) is 1. The van der Waals surface area contributed by atoms with E-state index in [2.05, 4.69) is 39.4 Å². The molecular formula is C19H23N3O2S2. The Balaban J connectivity index is 1.65. The van der Waals surface area contributed by atoms with E-state index in [1.165, 1.54) is 24.1 Å². The first-order valence-corrected chi connectivity index (χ1v) is 9.78. The highest BCUT2D eigenvalue weighted by Crippen LogP contribution is 2.33. The number of thiophene rings is 1. The van der Waals surface area contributed by atoms with Crippen LogP contribution in [0.1, 0.15) is 20.8 Å². The molecule has 0 aliphatic carbocycles. The van der Waals surface area contributed by atoms with Gasteiger partial charge in [-0.15, -0.1) is 11.3 Å². The van der Waals surface area contributed by atoms with Crippen LogP contribution in [0.4, 0.5) is 10.7 Å². The number of esters is 1. The summed E-state index contributed by atoms with van der Waals surface area (Å²) in [5, 5.41) is 4.69. The molecule has 1 saturated heterocycles. The summed E-state index contributed by atoms with van der Waals surface area (Å²) in [7, 11) is 1.40. The molecule has 1 aliphatic rings. The van der Waals surface area contributed by atoms with Gasteiger partial charge >= 0.3 is 5.97 Å². The van der Waals surface area contributed by atoms with Crippen LogP contribution >= 0.6 is 23.6 Å². The van der Waals surface area contributed by atoms with Gasteiger partial charge in [-0.2, -0.15) is 0 Å². The maximum atomic E-state index is 12.1. The van der Waals surface area contributed by atoms with Gasteiger partial charge in [-0.3, -0.25) is 0 Å². The number of para-hydroxylation sites is 1. The van der Waals surface area contributed by atoms with Crippen molar-refractivity contribution in [3.63, 3.8) is 0 Å². The molecule has 2 aromatic rings. The molecule has 0 amide bonds. The Hall–Kier alpha value is -2.12. The number of carbonyl (C=O) groups excluding carboxylic acids is 1. The summed E-state index contributed by atoms with van der Waals surface area (Å²) in [6.07, 6.45) is 0. The number of methoxy groups -OCH3 is 1. The lowest BCUT2D eigenvalue weighted by Crippen LogP contribution is -2.50. The monoisotopic (exact) mass is 389 g/mol. The van der Waals surface area contributed by atoms with Gasteiger partial charge in [0.1, 0.15) is 5.00 Å². The van der Waals surface area contributed by atoms with Crippen LogP contribution in [0.5, 0.6) is 0 Å². The number of hydrogen-bond donors (Lipinski definition) is 1. The zero-order chi connectivity index (χ0) is 18.7. The highest BCUT2D eigenvalue weighted by Gasteiger charge is 2.24. The van der Waals surface area contributed by atoms with E-state index in [9.17, 15) is 4.79 Å². The van der Waals surface area contributed by atoms with E-state index < -0.39 is 0 Å². The summed E-state index contributed by atoms with van der Waals surface area (Å²) in [5.74, 6) is -0.328. The topological polar surface area (TPSA) is 44.8 Å². The third-order valence-electron chi connectivity index (χ3n) is 4.68. The molecule has 0 unspecified atom stereocenters. The molecule has 0 bridgehead atoms. The Morgan fingerprint density at radius 1 is 1.15 bits per heavy atom. The highest BCUT2D eigenvalue weighted by molar-refractivity contribution is 7.80. The van der Waals surface area contributed by atoms with Gasteiger partial charge in [0.2, 0.25) is 0 Å². The fourth-order valence-electron chi connectivity index (χ4n) is 3.05. The maximum absolute atomic E-state index is 12.1. The fraction of sp³-hybridized carbons (Fsp3) is 0.368. The minimum atomic E-state index is -0.328. The number of carbonyl (C=O) groups is 1. The molecule has 1 N–H and O–H groups in total. The second kappa shape index (κ2) is 8.05. The smallest absolute Gasteiger partial charge is 0.341 e. The Labute approximate surface area is 163 Å². The lowest BCUT2D eigenvalue weighted by Gasteiger charge is -2.37. The van der Waals surface area contributed by atoms with E-state index in [1.54, 1.807) is 0 Å². The van der Waals surface area contributed by atoms with Crippen LogP contribution in [-0.4, -0.2) is 49.3 Å². The Kier molecular flexibility index (Phi) is 5.78. The SMILES string of the molecule is COC(=O)c1c(NC(=S)N2CCN(c3ccccc3)CC2)sc(C)c1C.